The monoisotopic (exact) mass is 449 g/mol. The first-order valence-corrected chi connectivity index (χ1v) is 9.95. The number of aliphatic imine (C=N–C) groups is 1. The summed E-state index contributed by atoms with van der Waals surface area (Å²) in [6.45, 7) is 7.25. The van der Waals surface area contributed by atoms with Crippen LogP contribution >= 0.6 is 23.2 Å². The second-order valence-corrected chi connectivity index (χ2v) is 7.62. The normalized spacial score (nSPS) is 11.3. The zero-order chi connectivity index (χ0) is 22.3. The Morgan fingerprint density at radius 3 is 2.60 bits per heavy atom. The number of hydrogen-bond acceptors (Lipinski definition) is 3. The zero-order valence-corrected chi connectivity index (χ0v) is 18.1. The Bertz CT molecular complexity index is 990. The molecule has 0 bridgehead atoms. The molecule has 2 aromatic carbocycles. The summed E-state index contributed by atoms with van der Waals surface area (Å²) in [6.07, 6.45) is 1.09. The lowest BCUT2D eigenvalue weighted by atomic mass is 10.1. The van der Waals surface area contributed by atoms with Gasteiger partial charge in [0.1, 0.15) is 11.7 Å². The summed E-state index contributed by atoms with van der Waals surface area (Å²) in [6, 6.07) is 9.27. The molecule has 0 spiro atoms. The highest BCUT2D eigenvalue weighted by Crippen LogP contribution is 2.20. The van der Waals surface area contributed by atoms with Crippen molar-refractivity contribution in [2.24, 2.45) is 10.9 Å². The molecule has 0 heterocycles. The highest BCUT2D eigenvalue weighted by Gasteiger charge is 2.14. The summed E-state index contributed by atoms with van der Waals surface area (Å²) in [5.41, 5.74) is 1.47. The Balaban J connectivity index is 2.36. The average Bonchev–Trinajstić information content (AvgIpc) is 2.72. The van der Waals surface area contributed by atoms with Crippen molar-refractivity contribution in [3.63, 3.8) is 0 Å². The fourth-order valence-electron chi connectivity index (χ4n) is 2.45. The van der Waals surface area contributed by atoms with Gasteiger partial charge in [-0.1, -0.05) is 49.7 Å². The largest absolute Gasteiger partial charge is 0.352 e. The van der Waals surface area contributed by atoms with E-state index in [0.717, 1.165) is 11.6 Å². The van der Waals surface area contributed by atoms with Crippen LogP contribution in [0.1, 0.15) is 30.5 Å². The van der Waals surface area contributed by atoms with Crippen LogP contribution in [0.5, 0.6) is 0 Å². The topological polar surface area (TPSA) is 70.6 Å². The number of amides is 2. The molecule has 0 aliphatic carbocycles. The van der Waals surface area contributed by atoms with Crippen molar-refractivity contribution in [3.05, 3.63) is 81.6 Å². The van der Waals surface area contributed by atoms with Crippen LogP contribution in [0.2, 0.25) is 10.0 Å². The van der Waals surface area contributed by atoms with E-state index in [9.17, 15) is 14.0 Å². The van der Waals surface area contributed by atoms with E-state index in [1.54, 1.807) is 32.0 Å². The van der Waals surface area contributed by atoms with Gasteiger partial charge in [0.2, 0.25) is 11.8 Å². The molecule has 158 valence electrons. The lowest BCUT2D eigenvalue weighted by Gasteiger charge is -2.13. The molecule has 0 unspecified atom stereocenters. The Morgan fingerprint density at radius 1 is 1.20 bits per heavy atom. The first kappa shape index (κ1) is 23.6. The van der Waals surface area contributed by atoms with Crippen LogP contribution in [0.3, 0.4) is 0 Å². The molecule has 8 heteroatoms. The van der Waals surface area contributed by atoms with Gasteiger partial charge in [0, 0.05) is 28.6 Å². The highest BCUT2D eigenvalue weighted by atomic mass is 35.5. The molecule has 5 nitrogen and oxygen atoms in total. The highest BCUT2D eigenvalue weighted by molar-refractivity contribution is 6.34. The third-order valence-electron chi connectivity index (χ3n) is 4.12. The molecule has 0 saturated heterocycles. The number of benzene rings is 2. The molecule has 0 aliphatic rings. The average molecular weight is 450 g/mol. The molecule has 2 rings (SSSR count). The smallest absolute Gasteiger partial charge is 0.248 e. The molecular weight excluding hydrogens is 428 g/mol. The van der Waals surface area contributed by atoms with Crippen LogP contribution < -0.4 is 10.6 Å². The molecule has 0 saturated carbocycles. The molecule has 2 N–H and O–H groups in total. The summed E-state index contributed by atoms with van der Waals surface area (Å²) < 4.78 is 14.0. The quantitative estimate of drug-likeness (QED) is 0.366. The second kappa shape index (κ2) is 10.9. The van der Waals surface area contributed by atoms with Gasteiger partial charge in [-0.2, -0.15) is 0 Å². The summed E-state index contributed by atoms with van der Waals surface area (Å²) in [5.74, 6) is -1.03. The number of hydrogen-bond donors (Lipinski definition) is 2. The van der Waals surface area contributed by atoms with Gasteiger partial charge in [0.15, 0.2) is 0 Å². The standard InChI is InChI=1S/C22H22Cl2FN3O2/c1-4-20(29)28-21(26-12-15-10-16(23)6-8-19(15)25)17-9-14(5-7-18(17)24)11-27-22(30)13(2)3/h4-10,13H,1,11-12H2,2-3H3,(H,27,30)(H,26,28,29). The maximum absolute atomic E-state index is 14.0. The van der Waals surface area contributed by atoms with Crippen molar-refractivity contribution in [1.82, 2.24) is 10.6 Å². The van der Waals surface area contributed by atoms with E-state index in [1.165, 1.54) is 18.2 Å². The minimum Gasteiger partial charge on any atom is -0.352 e. The van der Waals surface area contributed by atoms with Gasteiger partial charge in [0.05, 0.1) is 11.6 Å². The first-order chi connectivity index (χ1) is 14.2. The maximum Gasteiger partial charge on any atom is 0.248 e. The molecular formula is C22H22Cl2FN3O2. The van der Waals surface area contributed by atoms with Gasteiger partial charge >= 0.3 is 0 Å². The summed E-state index contributed by atoms with van der Waals surface area (Å²) in [5, 5.41) is 6.13. The number of amidine groups is 1. The van der Waals surface area contributed by atoms with Crippen molar-refractivity contribution in [2.75, 3.05) is 0 Å². The Hall–Kier alpha value is -2.70. The van der Waals surface area contributed by atoms with E-state index in [4.69, 9.17) is 23.2 Å². The SMILES string of the molecule is C=CC(=O)NC(=NCc1cc(Cl)ccc1F)c1cc(CNC(=O)C(C)C)ccc1Cl. The van der Waals surface area contributed by atoms with Crippen molar-refractivity contribution in [3.8, 4) is 0 Å². The fraction of sp³-hybridized carbons (Fsp3) is 0.227. The van der Waals surface area contributed by atoms with Crippen LogP contribution in [-0.4, -0.2) is 17.6 Å². The third-order valence-corrected chi connectivity index (χ3v) is 4.68. The molecule has 0 radical (unpaired) electrons. The summed E-state index contributed by atoms with van der Waals surface area (Å²) >= 11 is 12.3. The maximum atomic E-state index is 14.0. The van der Waals surface area contributed by atoms with E-state index in [1.807, 2.05) is 0 Å². The number of halogens is 3. The van der Waals surface area contributed by atoms with Crippen LogP contribution in [0.25, 0.3) is 0 Å². The molecule has 0 aromatic heterocycles. The summed E-state index contributed by atoms with van der Waals surface area (Å²) in [4.78, 5) is 28.1. The Labute approximate surface area is 185 Å². The lowest BCUT2D eigenvalue weighted by Crippen LogP contribution is -2.30. The lowest BCUT2D eigenvalue weighted by molar-refractivity contribution is -0.124. The van der Waals surface area contributed by atoms with Crippen LogP contribution in [0.4, 0.5) is 4.39 Å². The van der Waals surface area contributed by atoms with E-state index < -0.39 is 11.7 Å². The fourth-order valence-corrected chi connectivity index (χ4v) is 2.85. The molecule has 0 fully saturated rings. The first-order valence-electron chi connectivity index (χ1n) is 9.19. The van der Waals surface area contributed by atoms with Gasteiger partial charge < -0.3 is 10.6 Å². The van der Waals surface area contributed by atoms with E-state index in [2.05, 4.69) is 22.2 Å². The second-order valence-electron chi connectivity index (χ2n) is 6.78. The molecule has 2 aromatic rings. The Kier molecular flexibility index (Phi) is 8.57. The van der Waals surface area contributed by atoms with Gasteiger partial charge in [-0.15, -0.1) is 0 Å². The van der Waals surface area contributed by atoms with E-state index in [0.29, 0.717) is 15.6 Å². The number of carbonyl (C=O) groups is 2. The molecule has 0 aliphatic heterocycles. The number of carbonyl (C=O) groups excluding carboxylic acids is 2. The van der Waals surface area contributed by atoms with Crippen molar-refractivity contribution >= 4 is 40.9 Å². The summed E-state index contributed by atoms with van der Waals surface area (Å²) in [7, 11) is 0. The van der Waals surface area contributed by atoms with E-state index >= 15 is 0 Å². The zero-order valence-electron chi connectivity index (χ0n) is 16.6. The minimum atomic E-state index is -0.491. The predicted molar refractivity (Wildman–Crippen MR) is 118 cm³/mol. The van der Waals surface area contributed by atoms with Crippen LogP contribution in [-0.2, 0) is 22.7 Å². The Morgan fingerprint density at radius 2 is 1.93 bits per heavy atom. The van der Waals surface area contributed by atoms with E-state index in [-0.39, 0.29) is 36.3 Å². The molecule has 2 amide bonds. The predicted octanol–water partition coefficient (Wildman–Crippen LogP) is 4.65. The number of rotatable bonds is 7. The van der Waals surface area contributed by atoms with Gasteiger partial charge in [-0.25, -0.2) is 4.39 Å². The third kappa shape index (κ3) is 6.68. The van der Waals surface area contributed by atoms with Gasteiger partial charge in [-0.3, -0.25) is 14.6 Å². The molecule has 30 heavy (non-hydrogen) atoms. The van der Waals surface area contributed by atoms with Crippen molar-refractivity contribution in [2.45, 2.75) is 26.9 Å². The van der Waals surface area contributed by atoms with Crippen LogP contribution in [0, 0.1) is 11.7 Å². The minimum absolute atomic E-state index is 0.0657. The van der Waals surface area contributed by atoms with Gasteiger partial charge in [0.25, 0.3) is 0 Å². The molecule has 0 atom stereocenters. The van der Waals surface area contributed by atoms with Crippen molar-refractivity contribution < 1.29 is 14.0 Å². The van der Waals surface area contributed by atoms with Crippen LogP contribution in [0.15, 0.2) is 54.0 Å². The number of nitrogens with zero attached hydrogens (tertiary/aromatic N) is 1. The van der Waals surface area contributed by atoms with Gasteiger partial charge in [-0.05, 0) is 42.0 Å². The number of nitrogens with one attached hydrogen (secondary N) is 2. The van der Waals surface area contributed by atoms with Crippen molar-refractivity contribution in [1.29, 1.82) is 0 Å².